The Bertz CT molecular complexity index is 406. The van der Waals surface area contributed by atoms with Crippen molar-refractivity contribution in [1.29, 1.82) is 0 Å². The van der Waals surface area contributed by atoms with Crippen molar-refractivity contribution < 1.29 is 26.9 Å². The first-order valence-electron chi connectivity index (χ1n) is 4.33. The van der Waals surface area contributed by atoms with Gasteiger partial charge in [0.05, 0.1) is 0 Å². The predicted molar refractivity (Wildman–Crippen MR) is 57.4 cm³/mol. The zero-order valence-electron chi connectivity index (χ0n) is 8.50. The van der Waals surface area contributed by atoms with Crippen molar-refractivity contribution in [2.24, 2.45) is 0 Å². The van der Waals surface area contributed by atoms with Gasteiger partial charge in [-0.2, -0.15) is 0 Å². The van der Waals surface area contributed by atoms with Crippen LogP contribution in [0.4, 0.5) is 11.4 Å². The van der Waals surface area contributed by atoms with E-state index in [2.05, 4.69) is 0 Å². The summed E-state index contributed by atoms with van der Waals surface area (Å²) in [6.45, 7) is 0. The molecule has 2 aromatic rings. The summed E-state index contributed by atoms with van der Waals surface area (Å²) in [5.41, 5.74) is 0.315. The van der Waals surface area contributed by atoms with E-state index in [-0.39, 0.29) is 28.4 Å². The molecular weight excluding hydrogens is 268 g/mol. The average Bonchev–Trinajstić information content (AvgIpc) is 2.93. The van der Waals surface area contributed by atoms with Crippen molar-refractivity contribution in [3.05, 3.63) is 68.8 Å². The van der Waals surface area contributed by atoms with Crippen LogP contribution in [0.25, 0.3) is 0 Å². The van der Waals surface area contributed by atoms with Crippen LogP contribution in [0.1, 0.15) is 0 Å². The third kappa shape index (κ3) is 5.05. The van der Waals surface area contributed by atoms with Gasteiger partial charge in [-0.15, -0.1) is 24.3 Å². The molecule has 0 bridgehead atoms. The second kappa shape index (κ2) is 7.32. The summed E-state index contributed by atoms with van der Waals surface area (Å²) in [5, 5.41) is 19.7. The topological polar surface area (TPSA) is 86.3 Å². The van der Waals surface area contributed by atoms with Gasteiger partial charge in [0.1, 0.15) is 0 Å². The number of hydrogen-bond donors (Lipinski definition) is 0. The maximum atomic E-state index is 9.87. The van der Waals surface area contributed by atoms with E-state index in [1.807, 2.05) is 0 Å². The summed E-state index contributed by atoms with van der Waals surface area (Å²) in [5.74, 6) is 0. The Kier molecular flexibility index (Phi) is 6.47. The van der Waals surface area contributed by atoms with Crippen molar-refractivity contribution >= 4 is 11.4 Å². The van der Waals surface area contributed by atoms with E-state index in [1.165, 1.54) is 24.3 Å². The Labute approximate surface area is 107 Å². The Morgan fingerprint density at radius 1 is 0.706 bits per heavy atom. The fourth-order valence-electron chi connectivity index (χ4n) is 0.971. The Hall–Kier alpha value is -1.98. The van der Waals surface area contributed by atoms with Gasteiger partial charge in [0.25, 0.3) is 0 Å². The van der Waals surface area contributed by atoms with E-state index in [0.717, 1.165) is 0 Å². The zero-order valence-corrected chi connectivity index (χ0v) is 9.60. The summed E-state index contributed by atoms with van der Waals surface area (Å²) in [7, 11) is 0. The van der Waals surface area contributed by atoms with Gasteiger partial charge in [-0.3, -0.25) is 20.2 Å². The van der Waals surface area contributed by atoms with Crippen LogP contribution < -0.4 is 0 Å². The van der Waals surface area contributed by atoms with Gasteiger partial charge in [0.15, 0.2) is 11.4 Å². The molecule has 0 amide bonds. The Morgan fingerprint density at radius 3 is 1.06 bits per heavy atom. The van der Waals surface area contributed by atoms with Crippen LogP contribution in [-0.2, 0) is 17.1 Å². The van der Waals surface area contributed by atoms with Crippen LogP contribution >= 0.6 is 0 Å². The molecule has 0 radical (unpaired) electrons. The van der Waals surface area contributed by atoms with Crippen LogP contribution in [0.5, 0.6) is 0 Å². The largest absolute Gasteiger partial charge is 2.00 e. The van der Waals surface area contributed by atoms with Crippen molar-refractivity contribution in [1.82, 2.24) is 0 Å². The molecule has 0 saturated carbocycles. The molecule has 7 heteroatoms. The molecule has 0 aromatic heterocycles. The minimum atomic E-state index is -0.417. The number of hydrogen-bond acceptors (Lipinski definition) is 4. The van der Waals surface area contributed by atoms with Crippen LogP contribution in [0, 0.1) is 20.2 Å². The third-order valence-corrected chi connectivity index (χ3v) is 1.71. The summed E-state index contributed by atoms with van der Waals surface area (Å²) >= 11 is 0. The molecule has 0 N–H and O–H groups in total. The minimum absolute atomic E-state index is 0. The molecule has 6 nitrogen and oxygen atoms in total. The van der Waals surface area contributed by atoms with Gasteiger partial charge in [0, 0.05) is 9.85 Å². The van der Waals surface area contributed by atoms with Gasteiger partial charge in [-0.1, -0.05) is 0 Å². The standard InChI is InChI=1S/2C5H4NO2.Fe/c2*7-6(8)5-3-1-2-4-5;/h2*1-4H;/q2*-1;+2. The monoisotopic (exact) mass is 276 g/mol. The van der Waals surface area contributed by atoms with Crippen molar-refractivity contribution in [2.75, 3.05) is 0 Å². The molecule has 2 aromatic carbocycles. The smallest absolute Gasteiger partial charge is 0.270 e. The second-order valence-electron chi connectivity index (χ2n) is 2.80. The molecular formula is C10H8FeN2O4. The zero-order chi connectivity index (χ0) is 12.0. The van der Waals surface area contributed by atoms with Gasteiger partial charge in [0.2, 0.25) is 0 Å². The SMILES string of the molecule is O=[N+]([O-])[c-]1cccc1.O=[N+]([O-])[c-]1cccc1.[Fe+2]. The fourth-order valence-corrected chi connectivity index (χ4v) is 0.971. The first-order valence-corrected chi connectivity index (χ1v) is 4.33. The Balaban J connectivity index is 0.000000284. The van der Waals surface area contributed by atoms with E-state index in [4.69, 9.17) is 0 Å². The number of nitro groups is 2. The second-order valence-corrected chi connectivity index (χ2v) is 2.80. The van der Waals surface area contributed by atoms with Crippen LogP contribution in [0.3, 0.4) is 0 Å². The van der Waals surface area contributed by atoms with E-state index >= 15 is 0 Å². The van der Waals surface area contributed by atoms with E-state index < -0.39 is 9.85 Å². The molecule has 0 aliphatic heterocycles. The normalized spacial score (nSPS) is 8.47. The molecule has 2 rings (SSSR count). The minimum Gasteiger partial charge on any atom is -0.270 e. The summed E-state index contributed by atoms with van der Waals surface area (Å²) < 4.78 is 0. The van der Waals surface area contributed by atoms with E-state index in [9.17, 15) is 20.2 Å². The molecule has 0 spiro atoms. The summed E-state index contributed by atoms with van der Waals surface area (Å²) in [6, 6.07) is 12.4. The maximum Gasteiger partial charge on any atom is 2.00 e. The molecule has 0 atom stereocenters. The predicted octanol–water partition coefficient (Wildman–Crippen LogP) is 2.62. The van der Waals surface area contributed by atoms with Crippen molar-refractivity contribution in [2.45, 2.75) is 0 Å². The average molecular weight is 276 g/mol. The molecule has 0 saturated heterocycles. The fraction of sp³-hybridized carbons (Fsp3) is 0. The Morgan fingerprint density at radius 2 is 0.941 bits per heavy atom. The summed E-state index contributed by atoms with van der Waals surface area (Å²) in [6.07, 6.45) is 0. The number of nitrogens with zero attached hydrogens (tertiary/aromatic N) is 2. The quantitative estimate of drug-likeness (QED) is 0.365. The van der Waals surface area contributed by atoms with Gasteiger partial charge < -0.3 is 0 Å². The molecule has 0 unspecified atom stereocenters. The van der Waals surface area contributed by atoms with Gasteiger partial charge in [-0.25, -0.2) is 24.3 Å². The maximum absolute atomic E-state index is 9.87. The molecule has 0 aliphatic rings. The van der Waals surface area contributed by atoms with Crippen molar-refractivity contribution in [3.8, 4) is 0 Å². The van der Waals surface area contributed by atoms with Gasteiger partial charge >= 0.3 is 17.1 Å². The van der Waals surface area contributed by atoms with Gasteiger partial charge in [-0.05, 0) is 0 Å². The first-order chi connectivity index (χ1) is 7.61. The third-order valence-electron chi connectivity index (χ3n) is 1.71. The molecule has 0 heterocycles. The summed E-state index contributed by atoms with van der Waals surface area (Å²) in [4.78, 5) is 18.9. The number of rotatable bonds is 2. The van der Waals surface area contributed by atoms with E-state index in [1.54, 1.807) is 24.3 Å². The molecule has 0 fully saturated rings. The van der Waals surface area contributed by atoms with Crippen molar-refractivity contribution in [3.63, 3.8) is 0 Å². The van der Waals surface area contributed by atoms with Crippen LogP contribution in [-0.4, -0.2) is 9.85 Å². The van der Waals surface area contributed by atoms with Crippen LogP contribution in [0.15, 0.2) is 48.5 Å². The molecule has 90 valence electrons. The molecule has 17 heavy (non-hydrogen) atoms. The van der Waals surface area contributed by atoms with Crippen LogP contribution in [0.2, 0.25) is 0 Å². The molecule has 0 aliphatic carbocycles. The van der Waals surface area contributed by atoms with E-state index in [0.29, 0.717) is 0 Å². The first kappa shape index (κ1) is 15.0.